The molecule has 1 aromatic rings. The third kappa shape index (κ3) is 1.51. The van der Waals surface area contributed by atoms with Crippen LogP contribution in [-0.2, 0) is 10.2 Å². The third-order valence-corrected chi connectivity index (χ3v) is 4.87. The van der Waals surface area contributed by atoms with Crippen LogP contribution < -0.4 is 4.74 Å². The van der Waals surface area contributed by atoms with Crippen molar-refractivity contribution in [3.8, 4) is 5.75 Å². The molecule has 2 fully saturated rings. The summed E-state index contributed by atoms with van der Waals surface area (Å²) in [5.41, 5.74) is 0.956. The number of ether oxygens (including phenoxy) is 2. The first-order valence-corrected chi connectivity index (χ1v) is 6.58. The summed E-state index contributed by atoms with van der Waals surface area (Å²) in [5, 5.41) is 10.4. The van der Waals surface area contributed by atoms with E-state index in [-0.39, 0.29) is 17.4 Å². The number of aliphatic hydroxyl groups excluding tert-OH is 1. The predicted octanol–water partition coefficient (Wildman–Crippen LogP) is 2.39. The molecular formula is C14H17ClO3. The fourth-order valence-corrected chi connectivity index (χ4v) is 3.35. The van der Waals surface area contributed by atoms with E-state index in [0.717, 1.165) is 24.2 Å². The lowest BCUT2D eigenvalue weighted by atomic mass is 9.66. The number of methoxy groups -OCH3 is 1. The third-order valence-electron chi connectivity index (χ3n) is 4.56. The molecular weight excluding hydrogens is 252 g/mol. The monoisotopic (exact) mass is 268 g/mol. The average molecular weight is 269 g/mol. The highest BCUT2D eigenvalue weighted by Crippen LogP contribution is 2.63. The van der Waals surface area contributed by atoms with Crippen molar-refractivity contribution in [2.75, 3.05) is 26.9 Å². The van der Waals surface area contributed by atoms with Crippen molar-refractivity contribution in [3.05, 3.63) is 28.8 Å². The first-order chi connectivity index (χ1) is 8.67. The van der Waals surface area contributed by atoms with Gasteiger partial charge in [0.15, 0.2) is 0 Å². The first kappa shape index (κ1) is 12.3. The lowest BCUT2D eigenvalue weighted by molar-refractivity contribution is -0.110. The van der Waals surface area contributed by atoms with Crippen LogP contribution in [0.4, 0.5) is 0 Å². The van der Waals surface area contributed by atoms with Crippen molar-refractivity contribution in [1.29, 1.82) is 0 Å². The lowest BCUT2D eigenvalue weighted by Gasteiger charge is -2.48. The molecule has 3 nitrogen and oxygen atoms in total. The van der Waals surface area contributed by atoms with Gasteiger partial charge in [-0.1, -0.05) is 17.7 Å². The van der Waals surface area contributed by atoms with E-state index in [4.69, 9.17) is 21.1 Å². The Morgan fingerprint density at radius 1 is 1.39 bits per heavy atom. The minimum atomic E-state index is -0.106. The summed E-state index contributed by atoms with van der Waals surface area (Å²) in [7, 11) is 1.63. The van der Waals surface area contributed by atoms with Crippen LogP contribution in [0.2, 0.25) is 5.02 Å². The number of rotatable bonds is 4. The van der Waals surface area contributed by atoms with Crippen molar-refractivity contribution < 1.29 is 14.6 Å². The second-order valence-corrected chi connectivity index (χ2v) is 5.77. The molecule has 0 radical (unpaired) electrons. The summed E-state index contributed by atoms with van der Waals surface area (Å²) in [4.78, 5) is 0. The van der Waals surface area contributed by atoms with Gasteiger partial charge in [0.25, 0.3) is 0 Å². The smallest absolute Gasteiger partial charge is 0.120 e. The Labute approximate surface area is 112 Å². The molecule has 1 aromatic carbocycles. The summed E-state index contributed by atoms with van der Waals surface area (Å²) in [6.07, 6.45) is 2.10. The zero-order chi connectivity index (χ0) is 12.8. The second-order valence-electron chi connectivity index (χ2n) is 5.36. The zero-order valence-corrected chi connectivity index (χ0v) is 11.2. The van der Waals surface area contributed by atoms with Gasteiger partial charge in [-0.25, -0.2) is 0 Å². The summed E-state index contributed by atoms with van der Waals surface area (Å²) >= 11 is 6.38. The van der Waals surface area contributed by atoms with Crippen molar-refractivity contribution in [2.45, 2.75) is 18.3 Å². The van der Waals surface area contributed by atoms with Crippen LogP contribution in [-0.4, -0.2) is 32.0 Å². The lowest BCUT2D eigenvalue weighted by Crippen LogP contribution is -2.55. The van der Waals surface area contributed by atoms with E-state index >= 15 is 0 Å². The highest BCUT2D eigenvalue weighted by Gasteiger charge is 2.63. The SMILES string of the molecule is COc1ccc(C2(C3(CO)CC3)COC2)c(Cl)c1. The number of benzene rings is 1. The highest BCUT2D eigenvalue weighted by molar-refractivity contribution is 6.31. The molecule has 2 aliphatic rings. The molecule has 1 aliphatic heterocycles. The molecule has 0 aromatic heterocycles. The number of halogens is 1. The van der Waals surface area contributed by atoms with E-state index in [0.29, 0.717) is 18.2 Å². The van der Waals surface area contributed by atoms with Crippen LogP contribution in [0, 0.1) is 5.41 Å². The molecule has 1 saturated heterocycles. The minimum Gasteiger partial charge on any atom is -0.497 e. The molecule has 18 heavy (non-hydrogen) atoms. The Kier molecular flexibility index (Phi) is 2.81. The molecule has 1 saturated carbocycles. The van der Waals surface area contributed by atoms with E-state index < -0.39 is 0 Å². The number of hydrogen-bond acceptors (Lipinski definition) is 3. The van der Waals surface area contributed by atoms with Gasteiger partial charge in [0, 0.05) is 17.0 Å². The molecule has 1 aliphatic carbocycles. The van der Waals surface area contributed by atoms with Gasteiger partial charge in [0.2, 0.25) is 0 Å². The Balaban J connectivity index is 2.02. The van der Waals surface area contributed by atoms with Crippen LogP contribution in [0.5, 0.6) is 5.75 Å². The van der Waals surface area contributed by atoms with Crippen molar-refractivity contribution in [1.82, 2.24) is 0 Å². The summed E-state index contributed by atoms with van der Waals surface area (Å²) in [6.45, 7) is 1.51. The van der Waals surface area contributed by atoms with Crippen LogP contribution >= 0.6 is 11.6 Å². The van der Waals surface area contributed by atoms with Gasteiger partial charge >= 0.3 is 0 Å². The summed E-state index contributed by atoms with van der Waals surface area (Å²) < 4.78 is 10.6. The molecule has 98 valence electrons. The fraction of sp³-hybridized carbons (Fsp3) is 0.571. The van der Waals surface area contributed by atoms with Crippen molar-refractivity contribution >= 4 is 11.6 Å². The van der Waals surface area contributed by atoms with E-state index in [1.807, 2.05) is 18.2 Å². The Bertz CT molecular complexity index is 464. The van der Waals surface area contributed by atoms with Crippen LogP contribution in [0.15, 0.2) is 18.2 Å². The second kappa shape index (κ2) is 4.12. The van der Waals surface area contributed by atoms with Crippen molar-refractivity contribution in [3.63, 3.8) is 0 Å². The normalized spacial score (nSPS) is 23.3. The maximum atomic E-state index is 9.69. The summed E-state index contributed by atoms with van der Waals surface area (Å²) in [6, 6.07) is 5.78. The molecule has 3 rings (SSSR count). The molecule has 1 heterocycles. The van der Waals surface area contributed by atoms with Crippen LogP contribution in [0.3, 0.4) is 0 Å². The molecule has 0 atom stereocenters. The van der Waals surface area contributed by atoms with Gasteiger partial charge in [-0.05, 0) is 30.5 Å². The van der Waals surface area contributed by atoms with Gasteiger partial charge in [-0.2, -0.15) is 0 Å². The maximum absolute atomic E-state index is 9.69. The molecule has 0 spiro atoms. The predicted molar refractivity (Wildman–Crippen MR) is 69.3 cm³/mol. The number of aliphatic hydroxyl groups is 1. The first-order valence-electron chi connectivity index (χ1n) is 6.20. The van der Waals surface area contributed by atoms with E-state index in [1.165, 1.54) is 0 Å². The van der Waals surface area contributed by atoms with Gasteiger partial charge in [0.05, 0.1) is 25.7 Å². The number of hydrogen-bond donors (Lipinski definition) is 1. The Morgan fingerprint density at radius 2 is 2.11 bits per heavy atom. The molecule has 0 amide bonds. The largest absolute Gasteiger partial charge is 0.497 e. The molecule has 0 unspecified atom stereocenters. The Hall–Kier alpha value is -0.770. The quantitative estimate of drug-likeness (QED) is 0.911. The van der Waals surface area contributed by atoms with Gasteiger partial charge in [-0.3, -0.25) is 0 Å². The van der Waals surface area contributed by atoms with Gasteiger partial charge < -0.3 is 14.6 Å². The minimum absolute atomic E-state index is 0.0243. The standard InChI is InChI=1S/C14H17ClO3/c1-17-10-2-3-11(12(15)6-10)14(8-18-9-14)13(7-16)4-5-13/h2-3,6,16H,4-5,7-9H2,1H3. The van der Waals surface area contributed by atoms with E-state index in [2.05, 4.69) is 0 Å². The fourth-order valence-electron chi connectivity index (χ4n) is 3.00. The Morgan fingerprint density at radius 3 is 2.50 bits per heavy atom. The molecule has 1 N–H and O–H groups in total. The van der Waals surface area contributed by atoms with E-state index in [9.17, 15) is 5.11 Å². The van der Waals surface area contributed by atoms with Crippen molar-refractivity contribution in [2.24, 2.45) is 5.41 Å². The maximum Gasteiger partial charge on any atom is 0.120 e. The van der Waals surface area contributed by atoms with Gasteiger partial charge in [0.1, 0.15) is 5.75 Å². The molecule has 0 bridgehead atoms. The van der Waals surface area contributed by atoms with Crippen LogP contribution in [0.1, 0.15) is 18.4 Å². The average Bonchev–Trinajstić information content (AvgIpc) is 3.11. The summed E-state index contributed by atoms with van der Waals surface area (Å²) in [5.74, 6) is 0.757. The van der Waals surface area contributed by atoms with Crippen LogP contribution in [0.25, 0.3) is 0 Å². The zero-order valence-electron chi connectivity index (χ0n) is 10.4. The topological polar surface area (TPSA) is 38.7 Å². The van der Waals surface area contributed by atoms with E-state index in [1.54, 1.807) is 7.11 Å². The van der Waals surface area contributed by atoms with Gasteiger partial charge in [-0.15, -0.1) is 0 Å². The molecule has 4 heteroatoms. The highest BCUT2D eigenvalue weighted by atomic mass is 35.5.